The van der Waals surface area contributed by atoms with E-state index in [9.17, 15) is 14.9 Å². The number of anilines is 1. The molecule has 0 spiro atoms. The molecule has 3 rings (SSSR count). The van der Waals surface area contributed by atoms with E-state index in [-0.39, 0.29) is 29.7 Å². The second kappa shape index (κ2) is 12.4. The predicted molar refractivity (Wildman–Crippen MR) is 134 cm³/mol. The fourth-order valence-corrected chi connectivity index (χ4v) is 4.12. The first-order valence-corrected chi connectivity index (χ1v) is 11.0. The molecular formula is C24H33ClN4O5. The number of fused-ring (bicyclic) bond motifs is 1. The molecule has 0 bridgehead atoms. The van der Waals surface area contributed by atoms with E-state index in [4.69, 9.17) is 15.2 Å². The monoisotopic (exact) mass is 492 g/mol. The van der Waals surface area contributed by atoms with Gasteiger partial charge in [0.25, 0.3) is 5.69 Å². The van der Waals surface area contributed by atoms with Crippen molar-refractivity contribution in [1.29, 1.82) is 0 Å². The Bertz CT molecular complexity index is 1020. The smallest absolute Gasteiger partial charge is 0.292 e. The average Bonchev–Trinajstić information content (AvgIpc) is 2.95. The zero-order valence-corrected chi connectivity index (χ0v) is 20.7. The van der Waals surface area contributed by atoms with Crippen LogP contribution in [0.3, 0.4) is 0 Å². The number of benzene rings is 2. The molecule has 2 aromatic carbocycles. The summed E-state index contributed by atoms with van der Waals surface area (Å²) in [6.07, 6.45) is 2.70. The molecule has 0 fully saturated rings. The number of nitro groups is 1. The van der Waals surface area contributed by atoms with Crippen LogP contribution in [0.5, 0.6) is 11.5 Å². The first-order valence-electron chi connectivity index (χ1n) is 11.0. The lowest BCUT2D eigenvalue weighted by Crippen LogP contribution is -2.35. The van der Waals surface area contributed by atoms with Crippen LogP contribution in [0.2, 0.25) is 0 Å². The largest absolute Gasteiger partial charge is 0.493 e. The van der Waals surface area contributed by atoms with Gasteiger partial charge in [0.1, 0.15) is 5.69 Å². The molecule has 1 heterocycles. The maximum absolute atomic E-state index is 12.8. The van der Waals surface area contributed by atoms with Crippen molar-refractivity contribution in [3.63, 3.8) is 0 Å². The molecule has 34 heavy (non-hydrogen) atoms. The zero-order valence-electron chi connectivity index (χ0n) is 19.9. The van der Waals surface area contributed by atoms with Crippen LogP contribution in [-0.4, -0.2) is 68.1 Å². The second-order valence-electron chi connectivity index (χ2n) is 8.34. The number of halogens is 1. The van der Waals surface area contributed by atoms with E-state index in [0.717, 1.165) is 42.6 Å². The first kappa shape index (κ1) is 27.2. The molecule has 9 nitrogen and oxygen atoms in total. The topological polar surface area (TPSA) is 111 Å². The van der Waals surface area contributed by atoms with Gasteiger partial charge < -0.3 is 25.0 Å². The van der Waals surface area contributed by atoms with Crippen LogP contribution in [0.15, 0.2) is 30.3 Å². The van der Waals surface area contributed by atoms with Crippen molar-refractivity contribution < 1.29 is 19.2 Å². The van der Waals surface area contributed by atoms with E-state index in [0.29, 0.717) is 37.4 Å². The maximum Gasteiger partial charge on any atom is 0.292 e. The Morgan fingerprint density at radius 1 is 1.12 bits per heavy atom. The highest BCUT2D eigenvalue weighted by atomic mass is 35.5. The molecule has 0 atom stereocenters. The molecule has 10 heteroatoms. The first-order chi connectivity index (χ1) is 15.8. The van der Waals surface area contributed by atoms with Gasteiger partial charge in [-0.05, 0) is 67.7 Å². The van der Waals surface area contributed by atoms with Gasteiger partial charge in [-0.2, -0.15) is 0 Å². The Labute approximate surface area is 206 Å². The van der Waals surface area contributed by atoms with Crippen molar-refractivity contribution in [3.8, 4) is 11.5 Å². The Kier molecular flexibility index (Phi) is 9.95. The van der Waals surface area contributed by atoms with Crippen molar-refractivity contribution in [2.45, 2.75) is 25.7 Å². The SMILES string of the molecule is COc1cc2c(cc1OC)CC(=O)N(CCCN(C)CCc1ccc(N)c([N+](=O)[O-])c1)CC2.Cl. The second-order valence-corrected chi connectivity index (χ2v) is 8.34. The molecule has 0 unspecified atom stereocenters. The van der Waals surface area contributed by atoms with Gasteiger partial charge in [0, 0.05) is 25.7 Å². The molecule has 0 saturated carbocycles. The minimum atomic E-state index is -0.453. The van der Waals surface area contributed by atoms with Gasteiger partial charge >= 0.3 is 0 Å². The van der Waals surface area contributed by atoms with Gasteiger partial charge in [0.2, 0.25) is 5.91 Å². The molecular weight excluding hydrogens is 460 g/mol. The van der Waals surface area contributed by atoms with Gasteiger partial charge in [-0.15, -0.1) is 12.4 Å². The number of methoxy groups -OCH3 is 2. The molecule has 1 aliphatic rings. The quantitative estimate of drug-likeness (QED) is 0.308. The lowest BCUT2D eigenvalue weighted by Gasteiger charge is -2.23. The molecule has 2 N–H and O–H groups in total. The highest BCUT2D eigenvalue weighted by molar-refractivity contribution is 5.85. The summed E-state index contributed by atoms with van der Waals surface area (Å²) in [6, 6.07) is 8.83. The summed E-state index contributed by atoms with van der Waals surface area (Å²) < 4.78 is 10.8. The van der Waals surface area contributed by atoms with Crippen LogP contribution in [0.1, 0.15) is 23.1 Å². The van der Waals surface area contributed by atoms with Crippen molar-refractivity contribution in [3.05, 3.63) is 57.1 Å². The summed E-state index contributed by atoms with van der Waals surface area (Å²) in [4.78, 5) is 27.5. The number of carbonyl (C=O) groups excluding carboxylic acids is 1. The maximum atomic E-state index is 12.8. The Balaban J connectivity index is 0.00000408. The molecule has 0 saturated heterocycles. The van der Waals surface area contributed by atoms with E-state index in [1.165, 1.54) is 0 Å². The van der Waals surface area contributed by atoms with Gasteiger partial charge in [-0.1, -0.05) is 6.07 Å². The molecule has 0 aromatic heterocycles. The van der Waals surface area contributed by atoms with Crippen LogP contribution in [0.25, 0.3) is 0 Å². The summed E-state index contributed by atoms with van der Waals surface area (Å²) in [6.45, 7) is 2.97. The highest BCUT2D eigenvalue weighted by Gasteiger charge is 2.22. The van der Waals surface area contributed by atoms with Crippen LogP contribution in [-0.2, 0) is 24.1 Å². The lowest BCUT2D eigenvalue weighted by molar-refractivity contribution is -0.384. The Morgan fingerprint density at radius 3 is 2.44 bits per heavy atom. The van der Waals surface area contributed by atoms with Crippen molar-refractivity contribution in [2.24, 2.45) is 0 Å². The Morgan fingerprint density at radius 2 is 1.79 bits per heavy atom. The van der Waals surface area contributed by atoms with Crippen molar-refractivity contribution >= 4 is 29.7 Å². The van der Waals surface area contributed by atoms with E-state index in [1.807, 2.05) is 30.1 Å². The molecule has 186 valence electrons. The lowest BCUT2D eigenvalue weighted by atomic mass is 10.0. The fraction of sp³-hybridized carbons (Fsp3) is 0.458. The summed E-state index contributed by atoms with van der Waals surface area (Å²) >= 11 is 0. The number of nitrogen functional groups attached to an aromatic ring is 1. The predicted octanol–water partition coefficient (Wildman–Crippen LogP) is 3.11. The highest BCUT2D eigenvalue weighted by Crippen LogP contribution is 2.32. The number of carbonyl (C=O) groups is 1. The standard InChI is InChI=1S/C24H32N4O5.ClH/c1-26(11-7-17-5-6-20(25)21(13-17)28(30)31)9-4-10-27-12-8-18-14-22(32-2)23(33-3)15-19(18)16-24(27)29;/h5-6,13-15H,4,7-12,16,25H2,1-3H3;1H. The summed E-state index contributed by atoms with van der Waals surface area (Å²) in [5, 5.41) is 11.1. The van der Waals surface area contributed by atoms with Crippen molar-refractivity contribution in [1.82, 2.24) is 9.80 Å². The number of nitro benzene ring substituents is 1. The van der Waals surface area contributed by atoms with E-state index in [2.05, 4.69) is 4.90 Å². The zero-order chi connectivity index (χ0) is 24.0. The number of ether oxygens (including phenoxy) is 2. The summed E-state index contributed by atoms with van der Waals surface area (Å²) in [5.74, 6) is 1.45. The summed E-state index contributed by atoms with van der Waals surface area (Å²) in [5.41, 5.74) is 8.80. The molecule has 1 amide bonds. The van der Waals surface area contributed by atoms with Gasteiger partial charge in [-0.3, -0.25) is 14.9 Å². The van der Waals surface area contributed by atoms with E-state index >= 15 is 0 Å². The fourth-order valence-electron chi connectivity index (χ4n) is 4.12. The third kappa shape index (κ3) is 6.74. The third-order valence-corrected chi connectivity index (χ3v) is 6.09. The number of amides is 1. The van der Waals surface area contributed by atoms with Gasteiger partial charge in [0.15, 0.2) is 11.5 Å². The Hall–Kier alpha value is -3.04. The number of likely N-dealkylation sites (N-methyl/N-ethyl adjacent to an activating group) is 1. The van der Waals surface area contributed by atoms with E-state index < -0.39 is 4.92 Å². The van der Waals surface area contributed by atoms with Crippen molar-refractivity contribution in [2.75, 3.05) is 53.2 Å². The normalized spacial score (nSPS) is 13.2. The van der Waals surface area contributed by atoms with Crippen LogP contribution >= 0.6 is 12.4 Å². The number of nitrogens with two attached hydrogens (primary N) is 1. The minimum Gasteiger partial charge on any atom is -0.493 e. The average molecular weight is 493 g/mol. The molecule has 1 aliphatic heterocycles. The van der Waals surface area contributed by atoms with E-state index in [1.54, 1.807) is 26.4 Å². The minimum absolute atomic E-state index is 0. The van der Waals surface area contributed by atoms with Gasteiger partial charge in [-0.25, -0.2) is 0 Å². The number of rotatable bonds is 10. The molecule has 0 radical (unpaired) electrons. The number of nitrogens with zero attached hydrogens (tertiary/aromatic N) is 3. The van der Waals surface area contributed by atoms with Crippen LogP contribution in [0.4, 0.5) is 11.4 Å². The summed E-state index contributed by atoms with van der Waals surface area (Å²) in [7, 11) is 5.23. The molecule has 0 aliphatic carbocycles. The number of hydrogen-bond acceptors (Lipinski definition) is 7. The van der Waals surface area contributed by atoms with Crippen LogP contribution < -0.4 is 15.2 Å². The third-order valence-electron chi connectivity index (χ3n) is 6.09. The van der Waals surface area contributed by atoms with Gasteiger partial charge in [0.05, 0.1) is 25.6 Å². The molecule has 2 aromatic rings. The van der Waals surface area contributed by atoms with Crippen LogP contribution in [0, 0.1) is 10.1 Å². The number of hydrogen-bond donors (Lipinski definition) is 1.